The molecule has 0 radical (unpaired) electrons. The van der Waals surface area contributed by atoms with Crippen LogP contribution in [0.3, 0.4) is 0 Å². The Kier molecular flexibility index (Phi) is 4.33. The van der Waals surface area contributed by atoms with Gasteiger partial charge in [-0.25, -0.2) is 4.79 Å². The molecule has 22 heavy (non-hydrogen) atoms. The van der Waals surface area contributed by atoms with E-state index >= 15 is 0 Å². The van der Waals surface area contributed by atoms with E-state index in [1.54, 1.807) is 30.3 Å². The summed E-state index contributed by atoms with van der Waals surface area (Å²) in [6, 6.07) is 8.48. The highest BCUT2D eigenvalue weighted by Crippen LogP contribution is 2.29. The molecular weight excluding hydrogens is 288 g/mol. The highest BCUT2D eigenvalue weighted by molar-refractivity contribution is 5.95. The van der Waals surface area contributed by atoms with Crippen LogP contribution in [-0.4, -0.2) is 49.6 Å². The van der Waals surface area contributed by atoms with E-state index in [0.29, 0.717) is 5.56 Å². The van der Waals surface area contributed by atoms with Gasteiger partial charge in [-0.3, -0.25) is 4.79 Å². The first kappa shape index (κ1) is 14.9. The van der Waals surface area contributed by atoms with Crippen LogP contribution in [0.1, 0.15) is 10.4 Å². The maximum atomic E-state index is 12.5. The number of carbonyl (C=O) groups is 2. The molecule has 0 N–H and O–H groups in total. The maximum Gasteiger partial charge on any atom is 0.338 e. The van der Waals surface area contributed by atoms with Crippen molar-refractivity contribution < 1.29 is 28.5 Å². The fourth-order valence-electron chi connectivity index (χ4n) is 2.46. The van der Waals surface area contributed by atoms with Gasteiger partial charge >= 0.3 is 5.97 Å². The van der Waals surface area contributed by atoms with E-state index < -0.39 is 30.6 Å². The van der Waals surface area contributed by atoms with E-state index in [1.165, 1.54) is 6.08 Å². The molecule has 0 aromatic heterocycles. The Morgan fingerprint density at radius 1 is 1.32 bits per heavy atom. The van der Waals surface area contributed by atoms with Gasteiger partial charge in [0.1, 0.15) is 6.10 Å². The van der Waals surface area contributed by atoms with Crippen molar-refractivity contribution in [3.63, 3.8) is 0 Å². The first-order valence-corrected chi connectivity index (χ1v) is 7.00. The smallest absolute Gasteiger partial charge is 0.338 e. The molecule has 0 aliphatic carbocycles. The minimum Gasteiger partial charge on any atom is -0.448 e. The van der Waals surface area contributed by atoms with Crippen molar-refractivity contribution in [2.45, 2.75) is 24.6 Å². The van der Waals surface area contributed by atoms with Crippen LogP contribution in [0.5, 0.6) is 0 Å². The fourth-order valence-corrected chi connectivity index (χ4v) is 2.46. The minimum atomic E-state index is -1.03. The lowest BCUT2D eigenvalue weighted by molar-refractivity contribution is -0.196. The molecule has 0 spiro atoms. The Bertz CT molecular complexity index is 569. The molecule has 3 rings (SSSR count). The average Bonchev–Trinajstić information content (AvgIpc) is 2.98. The van der Waals surface area contributed by atoms with Crippen molar-refractivity contribution in [3.05, 3.63) is 48.6 Å². The third-order valence-corrected chi connectivity index (χ3v) is 3.52. The van der Waals surface area contributed by atoms with Crippen LogP contribution in [-0.2, 0) is 23.7 Å². The zero-order chi connectivity index (χ0) is 15.5. The lowest BCUT2D eigenvalue weighted by Gasteiger charge is -2.31. The molecule has 2 fully saturated rings. The van der Waals surface area contributed by atoms with Gasteiger partial charge in [-0.2, -0.15) is 0 Å². The van der Waals surface area contributed by atoms with Crippen molar-refractivity contribution in [3.8, 4) is 0 Å². The number of hydrogen-bond donors (Lipinski definition) is 0. The lowest BCUT2D eigenvalue weighted by atomic mass is 10.0. The van der Waals surface area contributed by atoms with Crippen molar-refractivity contribution in [2.24, 2.45) is 0 Å². The molecule has 0 amide bonds. The molecular formula is C16H16O6. The second-order valence-corrected chi connectivity index (χ2v) is 5.01. The van der Waals surface area contributed by atoms with Gasteiger partial charge in [0.05, 0.1) is 18.8 Å². The summed E-state index contributed by atoms with van der Waals surface area (Å²) in [7, 11) is 0. The van der Waals surface area contributed by atoms with E-state index in [-0.39, 0.29) is 19.0 Å². The minimum absolute atomic E-state index is 0.184. The molecule has 2 aliphatic rings. The predicted octanol–water partition coefficient (Wildman–Crippen LogP) is 1.11. The summed E-state index contributed by atoms with van der Waals surface area (Å²) < 4.78 is 21.6. The van der Waals surface area contributed by atoms with Gasteiger partial charge < -0.3 is 18.9 Å². The van der Waals surface area contributed by atoms with E-state index in [1.807, 2.05) is 0 Å². The molecule has 2 bridgehead atoms. The zero-order valence-corrected chi connectivity index (χ0v) is 11.8. The summed E-state index contributed by atoms with van der Waals surface area (Å²) in [5.41, 5.74) is 0.375. The van der Waals surface area contributed by atoms with Crippen LogP contribution in [0.15, 0.2) is 43.0 Å². The number of ether oxygens (including phenoxy) is 4. The monoisotopic (exact) mass is 304 g/mol. The molecule has 6 nitrogen and oxygen atoms in total. The first-order valence-electron chi connectivity index (χ1n) is 7.00. The Labute approximate surface area is 127 Å². The maximum absolute atomic E-state index is 12.5. The Balaban J connectivity index is 1.73. The Morgan fingerprint density at radius 2 is 2.09 bits per heavy atom. The van der Waals surface area contributed by atoms with Crippen molar-refractivity contribution in [1.82, 2.24) is 0 Å². The van der Waals surface area contributed by atoms with Gasteiger partial charge in [0.15, 0.2) is 18.5 Å². The normalized spacial score (nSPS) is 30.1. The molecule has 2 heterocycles. The molecule has 0 saturated carbocycles. The van der Waals surface area contributed by atoms with Crippen LogP contribution in [0.4, 0.5) is 0 Å². The standard InChI is InChI=1S/C16H16O6/c1-2-8-19-14-12(17)13(11-9-20-16(14)21-11)22-15(18)10-6-4-3-5-7-10/h2-7,11,13-14,16H,1,8-9H2/t11-,13+,14-,16+/m0/s1. The molecule has 2 aliphatic heterocycles. The number of benzene rings is 1. The van der Waals surface area contributed by atoms with Crippen molar-refractivity contribution in [2.75, 3.05) is 13.2 Å². The van der Waals surface area contributed by atoms with Gasteiger partial charge in [0, 0.05) is 0 Å². The third-order valence-electron chi connectivity index (χ3n) is 3.52. The summed E-state index contributed by atoms with van der Waals surface area (Å²) in [5.74, 6) is -0.916. The topological polar surface area (TPSA) is 71.1 Å². The number of rotatable bonds is 5. The highest BCUT2D eigenvalue weighted by atomic mass is 16.8. The lowest BCUT2D eigenvalue weighted by Crippen LogP contribution is -2.53. The number of Topliss-reactive ketones (excluding diaryl/α,β-unsaturated/α-hetero) is 1. The SMILES string of the molecule is C=CCO[C@H]1C(=O)[C@H](OC(=O)c2ccccc2)[C@@H]2CO[C@@H]1O2. The molecule has 1 aromatic carbocycles. The molecule has 0 unspecified atom stereocenters. The molecule has 4 atom stereocenters. The summed E-state index contributed by atoms with van der Waals surface area (Å²) in [4.78, 5) is 24.6. The third kappa shape index (κ3) is 2.81. The average molecular weight is 304 g/mol. The molecule has 2 saturated heterocycles. The van der Waals surface area contributed by atoms with E-state index in [2.05, 4.69) is 6.58 Å². The molecule has 1 aromatic rings. The van der Waals surface area contributed by atoms with E-state index in [9.17, 15) is 9.59 Å². The van der Waals surface area contributed by atoms with Gasteiger partial charge in [-0.05, 0) is 12.1 Å². The van der Waals surface area contributed by atoms with Gasteiger partial charge in [-0.15, -0.1) is 6.58 Å². The van der Waals surface area contributed by atoms with Crippen molar-refractivity contribution in [1.29, 1.82) is 0 Å². The van der Waals surface area contributed by atoms with Gasteiger partial charge in [0.25, 0.3) is 0 Å². The second kappa shape index (κ2) is 6.39. The van der Waals surface area contributed by atoms with Crippen LogP contribution < -0.4 is 0 Å². The summed E-state index contributed by atoms with van der Waals surface area (Å²) in [6.45, 7) is 3.91. The number of carbonyl (C=O) groups excluding carboxylic acids is 2. The Hall–Kier alpha value is -2.02. The van der Waals surface area contributed by atoms with Crippen LogP contribution in [0.25, 0.3) is 0 Å². The largest absolute Gasteiger partial charge is 0.448 e. The van der Waals surface area contributed by atoms with Crippen LogP contribution in [0, 0.1) is 0 Å². The Morgan fingerprint density at radius 3 is 2.82 bits per heavy atom. The summed E-state index contributed by atoms with van der Waals surface area (Å²) in [6.07, 6.45) is -1.75. The summed E-state index contributed by atoms with van der Waals surface area (Å²) in [5, 5.41) is 0. The van der Waals surface area contributed by atoms with Gasteiger partial charge in [-0.1, -0.05) is 24.3 Å². The molecule has 116 valence electrons. The van der Waals surface area contributed by atoms with E-state index in [0.717, 1.165) is 0 Å². The predicted molar refractivity (Wildman–Crippen MR) is 75.2 cm³/mol. The van der Waals surface area contributed by atoms with Crippen LogP contribution in [0.2, 0.25) is 0 Å². The van der Waals surface area contributed by atoms with Gasteiger partial charge in [0.2, 0.25) is 5.78 Å². The highest BCUT2D eigenvalue weighted by Gasteiger charge is 2.52. The zero-order valence-electron chi connectivity index (χ0n) is 11.8. The van der Waals surface area contributed by atoms with Crippen molar-refractivity contribution >= 4 is 11.8 Å². The number of esters is 1. The van der Waals surface area contributed by atoms with Crippen LogP contribution >= 0.6 is 0 Å². The number of ketones is 1. The first-order chi connectivity index (χ1) is 10.7. The summed E-state index contributed by atoms with van der Waals surface area (Å²) >= 11 is 0. The fraction of sp³-hybridized carbons (Fsp3) is 0.375. The number of hydrogen-bond acceptors (Lipinski definition) is 6. The number of fused-ring (bicyclic) bond motifs is 2. The quantitative estimate of drug-likeness (QED) is 0.599. The van der Waals surface area contributed by atoms with E-state index in [4.69, 9.17) is 18.9 Å². The second-order valence-electron chi connectivity index (χ2n) is 5.01. The molecule has 6 heteroatoms.